The molecule has 10 heteroatoms. The maximum Gasteiger partial charge on any atom is 0.418 e. The third-order valence-corrected chi connectivity index (χ3v) is 3.11. The second-order valence-electron chi connectivity index (χ2n) is 5.02. The largest absolute Gasteiger partial charge is 0.446 e. The molecule has 0 bridgehead atoms. The van der Waals surface area contributed by atoms with Crippen molar-refractivity contribution in [1.29, 1.82) is 0 Å². The van der Waals surface area contributed by atoms with E-state index in [0.29, 0.717) is 16.7 Å². The third-order valence-electron chi connectivity index (χ3n) is 2.10. The fourth-order valence-corrected chi connectivity index (χ4v) is 2.42. The Morgan fingerprint density at radius 3 is 2.36 bits per heavy atom. The molecule has 0 spiro atoms. The summed E-state index contributed by atoms with van der Waals surface area (Å²) in [6, 6.07) is -0.613. The van der Waals surface area contributed by atoms with Gasteiger partial charge < -0.3 is 9.47 Å². The van der Waals surface area contributed by atoms with Crippen LogP contribution in [0.4, 0.5) is 23.0 Å². The lowest BCUT2D eigenvalue weighted by molar-refractivity contribution is -0.137. The molecule has 1 N–H and O–H groups in total. The summed E-state index contributed by atoms with van der Waals surface area (Å²) in [5.41, 5.74) is -2.85. The number of hydrogen-bond donors (Lipinski definition) is 1. The molecule has 0 radical (unpaired) electrons. The normalized spacial score (nSPS) is 12.0. The molecule has 0 atom stereocenters. The highest BCUT2D eigenvalue weighted by Crippen LogP contribution is 2.40. The molecule has 0 aromatic carbocycles. The molecule has 0 aliphatic carbocycles. The molecule has 1 rings (SSSR count). The van der Waals surface area contributed by atoms with Crippen molar-refractivity contribution in [2.24, 2.45) is 0 Å². The highest BCUT2D eigenvalue weighted by atomic mass is 35.5. The summed E-state index contributed by atoms with van der Waals surface area (Å²) in [6.07, 6.45) is -5.76. The number of alkyl halides is 4. The number of amides is 1. The summed E-state index contributed by atoms with van der Waals surface area (Å²) in [4.78, 5) is 23.3. The number of esters is 1. The number of hydrogen-bond acceptors (Lipinski definition) is 5. The van der Waals surface area contributed by atoms with Crippen LogP contribution in [0, 0.1) is 0 Å². The summed E-state index contributed by atoms with van der Waals surface area (Å²) in [5, 5.41) is 2.50. The molecule has 22 heavy (non-hydrogen) atoms. The van der Waals surface area contributed by atoms with Crippen molar-refractivity contribution < 1.29 is 32.2 Å². The van der Waals surface area contributed by atoms with Crippen LogP contribution in [0.25, 0.3) is 0 Å². The van der Waals surface area contributed by atoms with Crippen LogP contribution in [0.5, 0.6) is 0 Å². The minimum atomic E-state index is -4.77. The van der Waals surface area contributed by atoms with E-state index < -0.39 is 41.0 Å². The minimum absolute atomic E-state index is 0.323. The lowest BCUT2D eigenvalue weighted by Crippen LogP contribution is -2.27. The molecule has 0 aliphatic heterocycles. The summed E-state index contributed by atoms with van der Waals surface area (Å²) < 4.78 is 48.0. The maximum atomic E-state index is 12.9. The molecule has 1 heterocycles. The second kappa shape index (κ2) is 6.74. The number of ether oxygens (including phenoxy) is 2. The lowest BCUT2D eigenvalue weighted by Gasteiger charge is -2.19. The third kappa shape index (κ3) is 5.06. The number of nitrogens with one attached hydrogen (secondary N) is 1. The van der Waals surface area contributed by atoms with Gasteiger partial charge in [-0.15, -0.1) is 11.3 Å². The monoisotopic (exact) mass is 359 g/mol. The number of anilines is 1. The minimum Gasteiger partial charge on any atom is -0.446 e. The van der Waals surface area contributed by atoms with Gasteiger partial charge in [0.2, 0.25) is 0 Å². The van der Waals surface area contributed by atoms with Crippen LogP contribution in [0.1, 0.15) is 36.7 Å². The number of thiophene rings is 1. The van der Waals surface area contributed by atoms with Crippen molar-refractivity contribution in [3.63, 3.8) is 0 Å². The predicted molar refractivity (Wildman–Crippen MR) is 75.3 cm³/mol. The first-order valence-corrected chi connectivity index (χ1v) is 7.29. The highest BCUT2D eigenvalue weighted by molar-refractivity contribution is 7.15. The van der Waals surface area contributed by atoms with E-state index in [1.54, 1.807) is 20.8 Å². The number of halogens is 4. The van der Waals surface area contributed by atoms with Gasteiger partial charge in [0.05, 0.1) is 5.56 Å². The first-order chi connectivity index (χ1) is 9.95. The van der Waals surface area contributed by atoms with Crippen molar-refractivity contribution in [3.8, 4) is 0 Å². The highest BCUT2D eigenvalue weighted by Gasteiger charge is 2.39. The molecule has 1 aromatic rings. The molecule has 0 unspecified atom stereocenters. The van der Waals surface area contributed by atoms with Crippen LogP contribution in [0.2, 0.25) is 0 Å². The number of carbonyl (C=O) groups excluding carboxylic acids is 2. The SMILES string of the molecule is CC(C)(C)OC(=O)Nc1scc(C(F)(F)F)c1C(=O)OCCl. The predicted octanol–water partition coefficient (Wildman–Crippen LogP) is 4.47. The summed E-state index contributed by atoms with van der Waals surface area (Å²) in [5.74, 6) is -1.28. The van der Waals surface area contributed by atoms with Crippen molar-refractivity contribution in [2.75, 3.05) is 11.4 Å². The van der Waals surface area contributed by atoms with Crippen LogP contribution in [-0.2, 0) is 15.7 Å². The number of rotatable bonds is 3. The lowest BCUT2D eigenvalue weighted by atomic mass is 10.2. The smallest absolute Gasteiger partial charge is 0.418 e. The zero-order valence-corrected chi connectivity index (χ0v) is 13.4. The maximum absolute atomic E-state index is 12.9. The Labute approximate surface area is 133 Å². The van der Waals surface area contributed by atoms with Crippen LogP contribution in [0.15, 0.2) is 5.38 Å². The zero-order valence-electron chi connectivity index (χ0n) is 11.8. The molecule has 1 amide bonds. The molecule has 0 aliphatic rings. The van der Waals surface area contributed by atoms with Gasteiger partial charge in [0.25, 0.3) is 0 Å². The fraction of sp³-hybridized carbons (Fsp3) is 0.500. The van der Waals surface area contributed by atoms with Crippen molar-refractivity contribution >= 4 is 40.0 Å². The molecule has 0 saturated carbocycles. The molecular formula is C12H13ClF3NO4S. The average molecular weight is 360 g/mol. The Morgan fingerprint density at radius 1 is 1.32 bits per heavy atom. The first-order valence-electron chi connectivity index (χ1n) is 5.87. The van der Waals surface area contributed by atoms with E-state index in [2.05, 4.69) is 10.1 Å². The Bertz CT molecular complexity index is 566. The van der Waals surface area contributed by atoms with Gasteiger partial charge in [-0.05, 0) is 20.8 Å². The van der Waals surface area contributed by atoms with Crippen LogP contribution in [-0.4, -0.2) is 23.7 Å². The van der Waals surface area contributed by atoms with Gasteiger partial charge in [-0.25, -0.2) is 9.59 Å². The van der Waals surface area contributed by atoms with E-state index in [4.69, 9.17) is 16.3 Å². The Balaban J connectivity index is 3.12. The van der Waals surface area contributed by atoms with E-state index in [1.807, 2.05) is 0 Å². The topological polar surface area (TPSA) is 64.6 Å². The quantitative estimate of drug-likeness (QED) is 0.639. The van der Waals surface area contributed by atoms with Crippen LogP contribution in [0.3, 0.4) is 0 Å². The van der Waals surface area contributed by atoms with Crippen molar-refractivity contribution in [3.05, 3.63) is 16.5 Å². The van der Waals surface area contributed by atoms with Crippen molar-refractivity contribution in [1.82, 2.24) is 0 Å². The van der Waals surface area contributed by atoms with E-state index in [0.717, 1.165) is 0 Å². The van der Waals surface area contributed by atoms with Gasteiger partial charge in [0.15, 0.2) is 6.07 Å². The Morgan fingerprint density at radius 2 is 1.91 bits per heavy atom. The first kappa shape index (κ1) is 18.6. The van der Waals surface area contributed by atoms with Crippen molar-refractivity contribution in [2.45, 2.75) is 32.5 Å². The molecule has 1 aromatic heterocycles. The van der Waals surface area contributed by atoms with Gasteiger partial charge in [-0.3, -0.25) is 5.32 Å². The van der Waals surface area contributed by atoms with Gasteiger partial charge in [-0.2, -0.15) is 13.2 Å². The molecule has 0 fully saturated rings. The summed E-state index contributed by atoms with van der Waals surface area (Å²) >= 11 is 5.73. The Hall–Kier alpha value is -1.48. The van der Waals surface area contributed by atoms with Crippen LogP contribution < -0.4 is 5.32 Å². The fourth-order valence-electron chi connectivity index (χ4n) is 1.38. The summed E-state index contributed by atoms with van der Waals surface area (Å²) in [7, 11) is 0. The van der Waals surface area contributed by atoms with Gasteiger partial charge in [0.1, 0.15) is 16.2 Å². The van der Waals surface area contributed by atoms with Crippen LogP contribution >= 0.6 is 22.9 Å². The van der Waals surface area contributed by atoms with E-state index in [1.165, 1.54) is 0 Å². The average Bonchev–Trinajstić information content (AvgIpc) is 2.69. The van der Waals surface area contributed by atoms with E-state index >= 15 is 0 Å². The molecule has 5 nitrogen and oxygen atoms in total. The molecular weight excluding hydrogens is 347 g/mol. The van der Waals surface area contributed by atoms with Gasteiger partial charge in [-0.1, -0.05) is 11.6 Å². The van der Waals surface area contributed by atoms with Gasteiger partial charge in [0, 0.05) is 5.38 Å². The standard InChI is InChI=1S/C12H13ClF3NO4S/c1-11(2,3)21-10(19)17-8-7(9(18)20-5-13)6(4-22-8)12(14,15)16/h4H,5H2,1-3H3,(H,17,19). The van der Waals surface area contributed by atoms with Gasteiger partial charge >= 0.3 is 18.2 Å². The molecule has 0 saturated heterocycles. The van der Waals surface area contributed by atoms with E-state index in [-0.39, 0.29) is 5.00 Å². The van der Waals surface area contributed by atoms with E-state index in [9.17, 15) is 22.8 Å². The zero-order chi connectivity index (χ0) is 17.1. The number of carbonyl (C=O) groups is 2. The Kier molecular flexibility index (Phi) is 5.69. The molecule has 124 valence electrons. The second-order valence-corrected chi connectivity index (χ2v) is 6.12. The summed E-state index contributed by atoms with van der Waals surface area (Å²) in [6.45, 7) is 4.76.